The van der Waals surface area contributed by atoms with E-state index in [0.717, 1.165) is 5.75 Å². The van der Waals surface area contributed by atoms with Crippen LogP contribution >= 0.6 is 11.8 Å². The highest BCUT2D eigenvalue weighted by molar-refractivity contribution is 7.99. The summed E-state index contributed by atoms with van der Waals surface area (Å²) in [5.41, 5.74) is 2.44. The van der Waals surface area contributed by atoms with Gasteiger partial charge in [0.15, 0.2) is 0 Å². The Kier molecular flexibility index (Phi) is 4.84. The van der Waals surface area contributed by atoms with Crippen LogP contribution in [0.2, 0.25) is 0 Å². The van der Waals surface area contributed by atoms with Gasteiger partial charge >= 0.3 is 0 Å². The standard InChI is InChI=1S/C13H21NOS/c1-10-5-6-12(7-11(10)2)16-9-13(3,8-15)14-4/h5-7,14-15H,8-9H2,1-4H3. The smallest absolute Gasteiger partial charge is 0.0618 e. The predicted molar refractivity (Wildman–Crippen MR) is 71.2 cm³/mol. The molecule has 0 spiro atoms. The van der Waals surface area contributed by atoms with Gasteiger partial charge in [0, 0.05) is 16.2 Å². The average molecular weight is 239 g/mol. The van der Waals surface area contributed by atoms with Crippen LogP contribution in [0.4, 0.5) is 0 Å². The molecule has 1 atom stereocenters. The fraction of sp³-hybridized carbons (Fsp3) is 0.538. The Balaban J connectivity index is 2.64. The maximum Gasteiger partial charge on any atom is 0.0618 e. The third-order valence-electron chi connectivity index (χ3n) is 2.99. The van der Waals surface area contributed by atoms with Gasteiger partial charge in [-0.3, -0.25) is 0 Å². The summed E-state index contributed by atoms with van der Waals surface area (Å²) in [4.78, 5) is 1.26. The van der Waals surface area contributed by atoms with Crippen molar-refractivity contribution in [3.8, 4) is 0 Å². The largest absolute Gasteiger partial charge is 0.394 e. The Morgan fingerprint density at radius 3 is 2.50 bits per heavy atom. The first-order valence-electron chi connectivity index (χ1n) is 5.50. The van der Waals surface area contributed by atoms with Gasteiger partial charge in [-0.05, 0) is 51.1 Å². The van der Waals surface area contributed by atoms with Crippen molar-refractivity contribution in [2.45, 2.75) is 31.2 Å². The van der Waals surface area contributed by atoms with Crippen LogP contribution < -0.4 is 5.32 Å². The molecule has 3 heteroatoms. The zero-order valence-corrected chi connectivity index (χ0v) is 11.3. The molecule has 0 saturated heterocycles. The van der Waals surface area contributed by atoms with E-state index in [2.05, 4.69) is 37.4 Å². The van der Waals surface area contributed by atoms with Crippen molar-refractivity contribution < 1.29 is 5.11 Å². The second kappa shape index (κ2) is 5.71. The third-order valence-corrected chi connectivity index (χ3v) is 4.36. The highest BCUT2D eigenvalue weighted by atomic mass is 32.2. The Labute approximate surface area is 102 Å². The van der Waals surface area contributed by atoms with E-state index in [1.165, 1.54) is 16.0 Å². The molecule has 0 fully saturated rings. The van der Waals surface area contributed by atoms with Crippen LogP contribution in [0.25, 0.3) is 0 Å². The number of hydrogen-bond acceptors (Lipinski definition) is 3. The molecule has 0 bridgehead atoms. The van der Waals surface area contributed by atoms with Gasteiger partial charge in [0.05, 0.1) is 6.61 Å². The molecule has 0 aliphatic carbocycles. The Morgan fingerprint density at radius 1 is 1.31 bits per heavy atom. The van der Waals surface area contributed by atoms with E-state index in [1.54, 1.807) is 11.8 Å². The number of aryl methyl sites for hydroxylation is 2. The van der Waals surface area contributed by atoms with Crippen molar-refractivity contribution in [1.29, 1.82) is 0 Å². The van der Waals surface area contributed by atoms with Crippen LogP contribution in [0, 0.1) is 13.8 Å². The van der Waals surface area contributed by atoms with E-state index < -0.39 is 0 Å². The second-order valence-electron chi connectivity index (χ2n) is 4.50. The second-order valence-corrected chi connectivity index (χ2v) is 5.55. The molecule has 1 rings (SSSR count). The fourth-order valence-electron chi connectivity index (χ4n) is 1.24. The highest BCUT2D eigenvalue weighted by Crippen LogP contribution is 2.24. The van der Waals surface area contributed by atoms with E-state index in [1.807, 2.05) is 14.0 Å². The Bertz CT molecular complexity index is 348. The summed E-state index contributed by atoms with van der Waals surface area (Å²) >= 11 is 1.78. The molecule has 90 valence electrons. The van der Waals surface area contributed by atoms with Crippen LogP contribution in [-0.2, 0) is 0 Å². The monoisotopic (exact) mass is 239 g/mol. The minimum atomic E-state index is -0.205. The molecular formula is C13H21NOS. The lowest BCUT2D eigenvalue weighted by molar-refractivity contribution is 0.200. The molecule has 1 aromatic rings. The third kappa shape index (κ3) is 3.51. The fourth-order valence-corrected chi connectivity index (χ4v) is 2.39. The molecule has 16 heavy (non-hydrogen) atoms. The van der Waals surface area contributed by atoms with E-state index in [4.69, 9.17) is 0 Å². The van der Waals surface area contributed by atoms with E-state index >= 15 is 0 Å². The summed E-state index contributed by atoms with van der Waals surface area (Å²) in [6.07, 6.45) is 0. The van der Waals surface area contributed by atoms with Gasteiger partial charge in [-0.25, -0.2) is 0 Å². The van der Waals surface area contributed by atoms with Gasteiger partial charge in [0.2, 0.25) is 0 Å². The molecule has 0 saturated carbocycles. The number of rotatable bonds is 5. The van der Waals surface area contributed by atoms with Crippen molar-refractivity contribution in [3.63, 3.8) is 0 Å². The molecule has 2 nitrogen and oxygen atoms in total. The molecule has 0 aliphatic rings. The maximum atomic E-state index is 9.29. The molecule has 1 unspecified atom stereocenters. The zero-order valence-electron chi connectivity index (χ0n) is 10.5. The summed E-state index contributed by atoms with van der Waals surface area (Å²) in [5, 5.41) is 12.4. The lowest BCUT2D eigenvalue weighted by Crippen LogP contribution is -2.45. The SMILES string of the molecule is CNC(C)(CO)CSc1ccc(C)c(C)c1. The number of thioether (sulfide) groups is 1. The number of aliphatic hydroxyl groups is 1. The van der Waals surface area contributed by atoms with Crippen molar-refractivity contribution in [2.75, 3.05) is 19.4 Å². The normalized spacial score (nSPS) is 14.8. The summed E-state index contributed by atoms with van der Waals surface area (Å²) in [7, 11) is 1.89. The van der Waals surface area contributed by atoms with Gasteiger partial charge in [0.25, 0.3) is 0 Å². The van der Waals surface area contributed by atoms with Crippen LogP contribution in [0.5, 0.6) is 0 Å². The molecule has 2 N–H and O–H groups in total. The van der Waals surface area contributed by atoms with Crippen molar-refractivity contribution >= 4 is 11.8 Å². The quantitative estimate of drug-likeness (QED) is 0.774. The number of hydrogen-bond donors (Lipinski definition) is 2. The summed E-state index contributed by atoms with van der Waals surface area (Å²) < 4.78 is 0. The molecule has 0 radical (unpaired) electrons. The molecule has 0 heterocycles. The number of nitrogens with one attached hydrogen (secondary N) is 1. The van der Waals surface area contributed by atoms with Gasteiger partial charge in [0.1, 0.15) is 0 Å². The molecule has 0 aliphatic heterocycles. The van der Waals surface area contributed by atoms with Gasteiger partial charge in [-0.15, -0.1) is 11.8 Å². The minimum absolute atomic E-state index is 0.154. The van der Waals surface area contributed by atoms with E-state index in [0.29, 0.717) is 0 Å². The summed E-state index contributed by atoms with van der Waals surface area (Å²) in [5.74, 6) is 0.864. The van der Waals surface area contributed by atoms with Crippen LogP contribution in [0.15, 0.2) is 23.1 Å². The van der Waals surface area contributed by atoms with Crippen molar-refractivity contribution in [3.05, 3.63) is 29.3 Å². The van der Waals surface area contributed by atoms with Crippen LogP contribution in [0.1, 0.15) is 18.1 Å². The Morgan fingerprint density at radius 2 is 2.00 bits per heavy atom. The van der Waals surface area contributed by atoms with Gasteiger partial charge < -0.3 is 10.4 Å². The predicted octanol–water partition coefficient (Wildman–Crippen LogP) is 2.37. The molecule has 1 aromatic carbocycles. The first-order valence-corrected chi connectivity index (χ1v) is 6.49. The van der Waals surface area contributed by atoms with Crippen molar-refractivity contribution in [2.24, 2.45) is 0 Å². The van der Waals surface area contributed by atoms with Crippen molar-refractivity contribution in [1.82, 2.24) is 5.32 Å². The topological polar surface area (TPSA) is 32.3 Å². The molecular weight excluding hydrogens is 218 g/mol. The van der Waals surface area contributed by atoms with Gasteiger partial charge in [-0.1, -0.05) is 6.07 Å². The maximum absolute atomic E-state index is 9.29. The minimum Gasteiger partial charge on any atom is -0.394 e. The Hall–Kier alpha value is -0.510. The number of aliphatic hydroxyl groups excluding tert-OH is 1. The van der Waals surface area contributed by atoms with Crippen LogP contribution in [0.3, 0.4) is 0 Å². The lowest BCUT2D eigenvalue weighted by Gasteiger charge is -2.26. The van der Waals surface area contributed by atoms with E-state index in [-0.39, 0.29) is 12.1 Å². The highest BCUT2D eigenvalue weighted by Gasteiger charge is 2.20. The first-order chi connectivity index (χ1) is 7.50. The molecule has 0 amide bonds. The van der Waals surface area contributed by atoms with Gasteiger partial charge in [-0.2, -0.15) is 0 Å². The summed E-state index contributed by atoms with van der Waals surface area (Å²) in [6.45, 7) is 6.43. The number of likely N-dealkylation sites (N-methyl/N-ethyl adjacent to an activating group) is 1. The van der Waals surface area contributed by atoms with Crippen LogP contribution in [-0.4, -0.2) is 30.1 Å². The number of benzene rings is 1. The first kappa shape index (κ1) is 13.6. The summed E-state index contributed by atoms with van der Waals surface area (Å²) in [6, 6.07) is 6.49. The zero-order chi connectivity index (χ0) is 12.2. The lowest BCUT2D eigenvalue weighted by atomic mass is 10.1. The average Bonchev–Trinajstić information content (AvgIpc) is 2.30. The van der Waals surface area contributed by atoms with E-state index in [9.17, 15) is 5.11 Å². The molecule has 0 aromatic heterocycles.